The Morgan fingerprint density at radius 2 is 2.10 bits per heavy atom. The van der Waals surface area contributed by atoms with Crippen LogP contribution in [-0.4, -0.2) is 16.8 Å². The molecule has 2 rings (SSSR count). The zero-order valence-electron chi connectivity index (χ0n) is 11.0. The van der Waals surface area contributed by atoms with Crippen molar-refractivity contribution in [3.05, 3.63) is 50.7 Å². The molecule has 1 aromatic heterocycles. The van der Waals surface area contributed by atoms with Crippen LogP contribution in [-0.2, 0) is 0 Å². The number of hydrogen-bond acceptors (Lipinski definition) is 4. The molecule has 1 aromatic carbocycles. The van der Waals surface area contributed by atoms with Crippen LogP contribution in [0.4, 0.5) is 5.69 Å². The van der Waals surface area contributed by atoms with E-state index >= 15 is 0 Å². The Hall–Kier alpha value is -1.85. The number of aryl methyl sites for hydroxylation is 1. The van der Waals surface area contributed by atoms with Gasteiger partial charge in [0.05, 0.1) is 16.4 Å². The Kier molecular flexibility index (Phi) is 4.42. The van der Waals surface area contributed by atoms with E-state index in [0.29, 0.717) is 26.9 Å². The highest BCUT2D eigenvalue weighted by molar-refractivity contribution is 7.13. The first-order chi connectivity index (χ1) is 9.54. The van der Waals surface area contributed by atoms with Crippen molar-refractivity contribution in [2.75, 3.05) is 5.32 Å². The molecule has 6 heteroatoms. The monoisotopic (exact) mass is 308 g/mol. The van der Waals surface area contributed by atoms with Gasteiger partial charge in [-0.2, -0.15) is 0 Å². The van der Waals surface area contributed by atoms with E-state index in [1.807, 2.05) is 18.4 Å². The van der Waals surface area contributed by atoms with Gasteiger partial charge < -0.3 is 10.5 Å². The van der Waals surface area contributed by atoms with Crippen LogP contribution in [0, 0.1) is 6.92 Å². The predicted molar refractivity (Wildman–Crippen MR) is 82.5 cm³/mol. The van der Waals surface area contributed by atoms with Gasteiger partial charge in [-0.1, -0.05) is 35.0 Å². The van der Waals surface area contributed by atoms with Crippen LogP contribution in [0.2, 0.25) is 5.02 Å². The van der Waals surface area contributed by atoms with Crippen molar-refractivity contribution in [3.8, 4) is 0 Å². The van der Waals surface area contributed by atoms with E-state index in [0.717, 1.165) is 5.56 Å². The minimum atomic E-state index is -0.272. The molecule has 0 aliphatic carbocycles. The lowest BCUT2D eigenvalue weighted by Crippen LogP contribution is -2.13. The molecule has 2 aromatic rings. The molecule has 0 aliphatic heterocycles. The van der Waals surface area contributed by atoms with Gasteiger partial charge in [0, 0.05) is 5.56 Å². The molecule has 20 heavy (non-hydrogen) atoms. The summed E-state index contributed by atoms with van der Waals surface area (Å²) in [6.45, 7) is 3.51. The number of amides is 1. The highest BCUT2D eigenvalue weighted by atomic mass is 35.5. The van der Waals surface area contributed by atoms with Crippen LogP contribution >= 0.6 is 22.9 Å². The summed E-state index contributed by atoms with van der Waals surface area (Å²) in [4.78, 5) is 12.7. The fourth-order valence-electron chi connectivity index (χ4n) is 1.72. The Morgan fingerprint density at radius 1 is 1.40 bits per heavy atom. The van der Waals surface area contributed by atoms with Gasteiger partial charge in [0.25, 0.3) is 5.91 Å². The van der Waals surface area contributed by atoms with Gasteiger partial charge in [-0.15, -0.1) is 11.3 Å². The van der Waals surface area contributed by atoms with E-state index in [1.165, 1.54) is 11.3 Å². The first-order valence-corrected chi connectivity index (χ1v) is 7.13. The van der Waals surface area contributed by atoms with Gasteiger partial charge in [-0.25, -0.2) is 0 Å². The number of carbonyl (C=O) groups is 1. The van der Waals surface area contributed by atoms with E-state index in [2.05, 4.69) is 10.5 Å². The fourth-order valence-corrected chi connectivity index (χ4v) is 2.90. The summed E-state index contributed by atoms with van der Waals surface area (Å²) in [7, 11) is 0. The van der Waals surface area contributed by atoms with Gasteiger partial charge in [-0.05, 0) is 30.9 Å². The SMILES string of the molecule is C/C(=N/O)c1ccccc1NC(=O)c1scc(C)c1Cl. The molecule has 0 saturated carbocycles. The lowest BCUT2D eigenvalue weighted by molar-refractivity contribution is 0.103. The summed E-state index contributed by atoms with van der Waals surface area (Å²) < 4.78 is 0. The Labute approximate surface area is 125 Å². The van der Waals surface area contributed by atoms with E-state index in [-0.39, 0.29) is 5.91 Å². The minimum absolute atomic E-state index is 0.272. The third-order valence-corrected chi connectivity index (χ3v) is 4.52. The normalized spacial score (nSPS) is 11.4. The number of carbonyl (C=O) groups excluding carboxylic acids is 1. The number of halogens is 1. The Morgan fingerprint density at radius 3 is 2.70 bits per heavy atom. The third kappa shape index (κ3) is 2.84. The van der Waals surface area contributed by atoms with E-state index in [1.54, 1.807) is 25.1 Å². The number of thiophene rings is 1. The molecule has 0 saturated heterocycles. The van der Waals surface area contributed by atoms with Crippen LogP contribution in [0.5, 0.6) is 0 Å². The fraction of sp³-hybridized carbons (Fsp3) is 0.143. The van der Waals surface area contributed by atoms with Crippen molar-refractivity contribution in [1.29, 1.82) is 0 Å². The molecule has 1 amide bonds. The molecule has 1 heterocycles. The smallest absolute Gasteiger partial charge is 0.267 e. The summed E-state index contributed by atoms with van der Waals surface area (Å²) >= 11 is 7.39. The molecule has 2 N–H and O–H groups in total. The molecule has 0 aliphatic rings. The van der Waals surface area contributed by atoms with Crippen LogP contribution in [0.1, 0.15) is 27.7 Å². The number of rotatable bonds is 3. The van der Waals surface area contributed by atoms with E-state index in [4.69, 9.17) is 16.8 Å². The van der Waals surface area contributed by atoms with Crippen molar-refractivity contribution >= 4 is 40.2 Å². The number of oxime groups is 1. The average molecular weight is 309 g/mol. The maximum absolute atomic E-state index is 12.2. The van der Waals surface area contributed by atoms with Crippen LogP contribution in [0.25, 0.3) is 0 Å². The van der Waals surface area contributed by atoms with Crippen molar-refractivity contribution in [2.45, 2.75) is 13.8 Å². The predicted octanol–water partition coefficient (Wildman–Crippen LogP) is 4.16. The van der Waals surface area contributed by atoms with Crippen LogP contribution in [0.3, 0.4) is 0 Å². The summed E-state index contributed by atoms with van der Waals surface area (Å²) in [6, 6.07) is 7.12. The van der Waals surface area contributed by atoms with Gasteiger partial charge in [0.2, 0.25) is 0 Å². The number of para-hydroxylation sites is 1. The molecule has 0 bridgehead atoms. The van der Waals surface area contributed by atoms with Crippen molar-refractivity contribution in [1.82, 2.24) is 0 Å². The molecule has 0 radical (unpaired) electrons. The lowest BCUT2D eigenvalue weighted by Gasteiger charge is -2.09. The first-order valence-electron chi connectivity index (χ1n) is 5.87. The van der Waals surface area contributed by atoms with Crippen LogP contribution in [0.15, 0.2) is 34.8 Å². The van der Waals surface area contributed by atoms with Crippen LogP contribution < -0.4 is 5.32 Å². The van der Waals surface area contributed by atoms with Gasteiger partial charge in [-0.3, -0.25) is 4.79 Å². The number of nitrogens with zero attached hydrogens (tertiary/aromatic N) is 1. The van der Waals surface area contributed by atoms with E-state index < -0.39 is 0 Å². The second-order valence-electron chi connectivity index (χ2n) is 4.25. The zero-order chi connectivity index (χ0) is 14.7. The summed E-state index contributed by atoms with van der Waals surface area (Å²) in [6.07, 6.45) is 0. The average Bonchev–Trinajstić information content (AvgIpc) is 2.79. The Bertz CT molecular complexity index is 680. The van der Waals surface area contributed by atoms with Gasteiger partial charge >= 0.3 is 0 Å². The van der Waals surface area contributed by atoms with E-state index in [9.17, 15) is 4.79 Å². The molecule has 104 valence electrons. The highest BCUT2D eigenvalue weighted by Crippen LogP contribution is 2.28. The molecular weight excluding hydrogens is 296 g/mol. The second kappa shape index (κ2) is 6.07. The minimum Gasteiger partial charge on any atom is -0.411 e. The molecule has 0 spiro atoms. The summed E-state index contributed by atoms with van der Waals surface area (Å²) in [5.41, 5.74) is 2.54. The molecule has 0 fully saturated rings. The second-order valence-corrected chi connectivity index (χ2v) is 5.50. The third-order valence-electron chi connectivity index (χ3n) is 2.82. The highest BCUT2D eigenvalue weighted by Gasteiger charge is 2.16. The standard InChI is InChI=1S/C14H13ClN2O2S/c1-8-7-20-13(12(8)15)14(18)16-11-6-4-3-5-10(11)9(2)17-19/h3-7,19H,1-2H3,(H,16,18)/b17-9-. The quantitative estimate of drug-likeness (QED) is 0.508. The molecule has 4 nitrogen and oxygen atoms in total. The van der Waals surface area contributed by atoms with Crippen molar-refractivity contribution in [3.63, 3.8) is 0 Å². The number of benzene rings is 1. The maximum Gasteiger partial charge on any atom is 0.267 e. The van der Waals surface area contributed by atoms with Gasteiger partial charge in [0.1, 0.15) is 4.88 Å². The number of hydrogen-bond donors (Lipinski definition) is 2. The van der Waals surface area contributed by atoms with Crippen molar-refractivity contribution in [2.24, 2.45) is 5.16 Å². The molecule has 0 unspecified atom stereocenters. The summed E-state index contributed by atoms with van der Waals surface area (Å²) in [5.74, 6) is -0.272. The molecular formula is C14H13ClN2O2S. The van der Waals surface area contributed by atoms with Gasteiger partial charge in [0.15, 0.2) is 0 Å². The number of anilines is 1. The first kappa shape index (κ1) is 14.6. The topological polar surface area (TPSA) is 61.7 Å². The lowest BCUT2D eigenvalue weighted by atomic mass is 10.1. The Balaban J connectivity index is 2.31. The zero-order valence-corrected chi connectivity index (χ0v) is 12.5. The summed E-state index contributed by atoms with van der Waals surface area (Å²) in [5, 5.41) is 17.1. The largest absolute Gasteiger partial charge is 0.411 e. The molecule has 0 atom stereocenters. The van der Waals surface area contributed by atoms with Crippen molar-refractivity contribution < 1.29 is 10.0 Å². The maximum atomic E-state index is 12.2. The number of nitrogens with one attached hydrogen (secondary N) is 1.